The van der Waals surface area contributed by atoms with Crippen LogP contribution in [0.5, 0.6) is 0 Å². The van der Waals surface area contributed by atoms with Gasteiger partial charge < -0.3 is 56.8 Å². The third-order valence-corrected chi connectivity index (χ3v) is 11.6. The smallest absolute Gasteiger partial charge is 0.793 e. The SMILES string of the molecule is C1CCOC1.CC(=O)OOC(C)=O.CCCCC.CCN(CC)C[C@@H]1CCCN1.CCN(CC)C[C@@H]1CCCN1C(=O)OCc1ccccc1.CO.O=C[C@@H]1CCCN1C(=O)OCc1ccccc1.[B-]OC(C)=O.[Na+]. The number of hydrogen-bond donors (Lipinski definition) is 2. The largest absolute Gasteiger partial charge is 1.00 e. The maximum Gasteiger partial charge on any atom is 1.00 e. The first-order chi connectivity index (χ1) is 35.7. The summed E-state index contributed by atoms with van der Waals surface area (Å²) >= 11 is 0. The molecule has 3 radical (unpaired) electrons. The molecule has 0 aromatic heterocycles. The number of carbonyl (C=O) groups excluding carboxylic acids is 6. The van der Waals surface area contributed by atoms with Gasteiger partial charge in [0.15, 0.2) is 0 Å². The van der Waals surface area contributed by atoms with Crippen molar-refractivity contribution in [3.8, 4) is 0 Å². The minimum Gasteiger partial charge on any atom is -0.793 e. The van der Waals surface area contributed by atoms with E-state index in [0.717, 1.165) is 109 Å². The molecule has 0 aliphatic carbocycles. The van der Waals surface area contributed by atoms with Gasteiger partial charge in [0.05, 0.1) is 6.04 Å². The predicted molar refractivity (Wildman–Crippen MR) is 290 cm³/mol. The quantitative estimate of drug-likeness (QED) is 0.0984. The number of benzene rings is 2. The molecule has 4 heterocycles. The van der Waals surface area contributed by atoms with Gasteiger partial charge in [-0.25, -0.2) is 29.0 Å². The third kappa shape index (κ3) is 40.8. The molecule has 18 nitrogen and oxygen atoms in total. The van der Waals surface area contributed by atoms with Gasteiger partial charge in [0.1, 0.15) is 19.5 Å². The summed E-state index contributed by atoms with van der Waals surface area (Å²) in [6, 6.07) is 20.1. The topological polar surface area (TPSA) is 203 Å². The Morgan fingerprint density at radius 3 is 1.45 bits per heavy atom. The van der Waals surface area contributed by atoms with Crippen LogP contribution in [0.15, 0.2) is 60.7 Å². The summed E-state index contributed by atoms with van der Waals surface area (Å²) in [5, 5.41) is 10.5. The molecule has 0 saturated carbocycles. The maximum absolute atomic E-state index is 12.3. The number of ether oxygens (including phenoxy) is 3. The second-order valence-corrected chi connectivity index (χ2v) is 17.3. The van der Waals surface area contributed by atoms with E-state index in [1.807, 2.05) is 65.6 Å². The van der Waals surface area contributed by atoms with E-state index in [2.05, 4.69) is 79.1 Å². The fourth-order valence-electron chi connectivity index (χ4n) is 7.50. The van der Waals surface area contributed by atoms with Crippen LogP contribution in [0.1, 0.15) is 144 Å². The average molecular weight is 1070 g/mol. The zero-order valence-corrected chi connectivity index (χ0v) is 49.8. The van der Waals surface area contributed by atoms with Crippen LogP contribution >= 0.6 is 0 Å². The molecule has 4 aliphatic heterocycles. The molecule has 6 rings (SSSR count). The molecule has 421 valence electrons. The second kappa shape index (κ2) is 52.0. The van der Waals surface area contributed by atoms with Gasteiger partial charge in [-0.05, 0) is 95.2 Å². The van der Waals surface area contributed by atoms with E-state index in [9.17, 15) is 28.8 Å². The minimum atomic E-state index is -0.639. The van der Waals surface area contributed by atoms with Crippen molar-refractivity contribution in [3.05, 3.63) is 71.8 Å². The van der Waals surface area contributed by atoms with Crippen molar-refractivity contribution in [2.75, 3.05) is 79.2 Å². The van der Waals surface area contributed by atoms with Gasteiger partial charge in [-0.15, -0.1) is 0 Å². The van der Waals surface area contributed by atoms with Crippen LogP contribution in [0.3, 0.4) is 0 Å². The molecular formula is C55H94BN5NaO13. The van der Waals surface area contributed by atoms with E-state index >= 15 is 0 Å². The molecule has 0 unspecified atom stereocenters. The van der Waals surface area contributed by atoms with E-state index in [-0.39, 0.29) is 48.3 Å². The summed E-state index contributed by atoms with van der Waals surface area (Å²) in [5.74, 6) is -1.74. The van der Waals surface area contributed by atoms with Crippen LogP contribution in [0.25, 0.3) is 0 Å². The molecule has 75 heavy (non-hydrogen) atoms. The van der Waals surface area contributed by atoms with Gasteiger partial charge >= 0.3 is 53.7 Å². The van der Waals surface area contributed by atoms with Crippen LogP contribution in [0, 0.1) is 0 Å². The molecule has 4 saturated heterocycles. The predicted octanol–water partition coefficient (Wildman–Crippen LogP) is 5.46. The third-order valence-electron chi connectivity index (χ3n) is 11.6. The molecule has 4 aliphatic rings. The monoisotopic (exact) mass is 1070 g/mol. The van der Waals surface area contributed by atoms with E-state index in [1.165, 1.54) is 82.9 Å². The number of likely N-dealkylation sites (tertiary alicyclic amines) is 2. The molecule has 2 aromatic rings. The minimum absolute atomic E-state index is 0. The number of rotatable bonds is 15. The number of aliphatic hydroxyl groups excluding tert-OH is 1. The van der Waals surface area contributed by atoms with E-state index in [4.69, 9.17) is 19.3 Å². The second-order valence-electron chi connectivity index (χ2n) is 17.3. The Morgan fingerprint density at radius 1 is 0.653 bits per heavy atom. The van der Waals surface area contributed by atoms with Crippen molar-refractivity contribution in [2.45, 2.75) is 164 Å². The maximum atomic E-state index is 12.3. The Hall–Kier alpha value is -4.08. The molecule has 0 bridgehead atoms. The molecule has 2 aromatic carbocycles. The number of hydrogen-bond acceptors (Lipinski definition) is 16. The first kappa shape index (κ1) is 75.2. The van der Waals surface area contributed by atoms with Gasteiger partial charge in [0.2, 0.25) is 5.97 Å². The molecule has 4 fully saturated rings. The molecule has 3 atom stereocenters. The van der Waals surface area contributed by atoms with Crippen LogP contribution in [-0.2, 0) is 61.0 Å². The Bertz CT molecular complexity index is 1670. The Labute approximate surface area is 474 Å². The number of aliphatic hydroxyl groups is 1. The van der Waals surface area contributed by atoms with Gasteiger partial charge in [0.25, 0.3) is 0 Å². The number of nitrogens with zero attached hydrogens (tertiary/aromatic N) is 4. The number of unbranched alkanes of at least 4 members (excludes halogenated alkanes) is 2. The first-order valence-electron chi connectivity index (χ1n) is 26.6. The Balaban J connectivity index is -0.000000859. The summed E-state index contributed by atoms with van der Waals surface area (Å²) in [7, 11) is 5.32. The van der Waals surface area contributed by atoms with Crippen LogP contribution in [-0.4, -0.2) is 166 Å². The molecule has 2 N–H and O–H groups in total. The van der Waals surface area contributed by atoms with Crippen molar-refractivity contribution in [3.63, 3.8) is 0 Å². The van der Waals surface area contributed by atoms with E-state index in [0.29, 0.717) is 19.2 Å². The van der Waals surface area contributed by atoms with E-state index < -0.39 is 24.0 Å². The fraction of sp³-hybridized carbons (Fsp3) is 0.673. The summed E-state index contributed by atoms with van der Waals surface area (Å²) < 4.78 is 19.2. The summed E-state index contributed by atoms with van der Waals surface area (Å²) in [6.07, 6.45) is 13.4. The Morgan fingerprint density at radius 2 is 1.09 bits per heavy atom. The number of nitrogens with one attached hydrogen (secondary N) is 1. The van der Waals surface area contributed by atoms with E-state index in [1.54, 1.807) is 0 Å². The summed E-state index contributed by atoms with van der Waals surface area (Å²) in [6.45, 7) is 28.6. The van der Waals surface area contributed by atoms with Crippen LogP contribution < -0.4 is 34.9 Å². The normalized spacial score (nSPS) is 16.6. The Kier molecular flexibility index (Phi) is 52.1. The van der Waals surface area contributed by atoms with Crippen LogP contribution in [0.4, 0.5) is 9.59 Å². The fourth-order valence-corrected chi connectivity index (χ4v) is 7.50. The summed E-state index contributed by atoms with van der Waals surface area (Å²) in [4.78, 5) is 79.8. The van der Waals surface area contributed by atoms with Crippen molar-refractivity contribution < 1.29 is 92.1 Å². The van der Waals surface area contributed by atoms with Gasteiger partial charge in [-0.3, -0.25) is 9.69 Å². The van der Waals surface area contributed by atoms with Crippen LogP contribution in [0.2, 0.25) is 0 Å². The standard InChI is InChI=1S/C17H26N2O2.C13H15NO3.C9H20N2.C5H12.C4H6O4.C4H8O.C2H3BO2.CH4O.Na/c1-3-18(4-2)13-16-11-8-12-19(16)17(20)21-14-15-9-6-5-7-10-15;15-9-12-7-4-8-14(12)13(16)17-10-11-5-2-1-3-6-11;1-3-11(4-2)8-9-6-5-7-10-9;1-3-5-4-2;1-3(5)7-8-4(2)6;1-2-4-5-3-1;1-2(4)5-3;1-2;/h5-7,9-10,16H,3-4,8,11-14H2,1-2H3;1-3,5-6,9,12H,4,7-8,10H2;9-10H,3-8H2,1-2H3;3-5H2,1-2H3;1-2H3;1-4H2;1H3;2H,1H3;/q;;;;;;-1;;+1/t16-;12-;9-;;;;;;/m000....../s1. The number of likely N-dealkylation sites (N-methyl/N-ethyl adjacent to an activating group) is 2. The van der Waals surface area contributed by atoms with Gasteiger partial charge in [-0.2, -0.15) is 0 Å². The van der Waals surface area contributed by atoms with Crippen molar-refractivity contribution in [2.24, 2.45) is 0 Å². The average Bonchev–Trinajstić information content (AvgIpc) is 4.30. The van der Waals surface area contributed by atoms with Gasteiger partial charge in [-0.1, -0.05) is 121 Å². The van der Waals surface area contributed by atoms with Crippen molar-refractivity contribution >= 4 is 44.4 Å². The van der Waals surface area contributed by atoms with Crippen molar-refractivity contribution in [1.29, 1.82) is 0 Å². The number of amides is 2. The number of aldehydes is 1. The molecule has 20 heteroatoms. The first-order valence-corrected chi connectivity index (χ1v) is 26.6. The van der Waals surface area contributed by atoms with Gasteiger partial charge in [0, 0.05) is 79.4 Å². The zero-order valence-electron chi connectivity index (χ0n) is 47.8. The molecule has 2 amide bonds. The summed E-state index contributed by atoms with van der Waals surface area (Å²) in [5.41, 5.74) is 1.98. The van der Waals surface area contributed by atoms with Crippen molar-refractivity contribution in [1.82, 2.24) is 24.9 Å². The number of carbonyl (C=O) groups is 6. The molecular weight excluding hydrogens is 972 g/mol. The zero-order chi connectivity index (χ0) is 55.8. The molecule has 0 spiro atoms.